The van der Waals surface area contributed by atoms with Crippen LogP contribution >= 0.6 is 15.9 Å². The molecule has 0 saturated heterocycles. The van der Waals surface area contributed by atoms with Crippen LogP contribution in [0.25, 0.3) is 0 Å². The third-order valence-corrected chi connectivity index (χ3v) is 3.10. The number of halogens is 1. The number of hydrogen-bond acceptors (Lipinski definition) is 4. The second-order valence-electron chi connectivity index (χ2n) is 3.77. The van der Waals surface area contributed by atoms with Gasteiger partial charge in [0.15, 0.2) is 0 Å². The molecule has 0 spiro atoms. The van der Waals surface area contributed by atoms with Crippen molar-refractivity contribution in [3.8, 4) is 0 Å². The van der Waals surface area contributed by atoms with Crippen LogP contribution in [0.15, 0.2) is 12.1 Å². The predicted molar refractivity (Wildman–Crippen MR) is 70.8 cm³/mol. The van der Waals surface area contributed by atoms with Crippen LogP contribution in [0.3, 0.4) is 0 Å². The molecule has 0 bridgehead atoms. The summed E-state index contributed by atoms with van der Waals surface area (Å²) in [4.78, 5) is 21.8. The Morgan fingerprint density at radius 2 is 2.17 bits per heavy atom. The third kappa shape index (κ3) is 3.53. The van der Waals surface area contributed by atoms with Gasteiger partial charge in [0.25, 0.3) is 5.69 Å². The van der Waals surface area contributed by atoms with E-state index in [1.807, 2.05) is 0 Å². The molecule has 98 valence electrons. The number of aryl methyl sites for hydroxylation is 1. The number of nitro benzene ring substituents is 1. The highest BCUT2D eigenvalue weighted by Crippen LogP contribution is 2.25. The fourth-order valence-electron chi connectivity index (χ4n) is 1.69. The van der Waals surface area contributed by atoms with Crippen LogP contribution in [0, 0.1) is 17.0 Å². The summed E-state index contributed by atoms with van der Waals surface area (Å²) in [6.07, 6.45) is 0.0529. The van der Waals surface area contributed by atoms with Gasteiger partial charge in [0.05, 0.1) is 18.0 Å². The maximum Gasteiger partial charge on any atom is 0.310 e. The molecule has 1 aromatic carbocycles. The van der Waals surface area contributed by atoms with E-state index in [4.69, 9.17) is 4.74 Å². The molecule has 0 unspecified atom stereocenters. The second kappa shape index (κ2) is 6.49. The van der Waals surface area contributed by atoms with Gasteiger partial charge in [0.1, 0.15) is 0 Å². The van der Waals surface area contributed by atoms with E-state index in [1.54, 1.807) is 13.8 Å². The lowest BCUT2D eigenvalue weighted by Gasteiger charge is -2.10. The van der Waals surface area contributed by atoms with E-state index in [0.717, 1.165) is 11.1 Å². The zero-order chi connectivity index (χ0) is 13.7. The van der Waals surface area contributed by atoms with Crippen LogP contribution in [-0.2, 0) is 21.3 Å². The van der Waals surface area contributed by atoms with Crippen molar-refractivity contribution in [1.82, 2.24) is 0 Å². The minimum atomic E-state index is -0.459. The average molecular weight is 316 g/mol. The van der Waals surface area contributed by atoms with Crippen molar-refractivity contribution < 1.29 is 14.5 Å². The van der Waals surface area contributed by atoms with Crippen molar-refractivity contribution in [3.05, 3.63) is 38.9 Å². The summed E-state index contributed by atoms with van der Waals surface area (Å²) in [5.41, 5.74) is 2.32. The van der Waals surface area contributed by atoms with Gasteiger partial charge in [-0.05, 0) is 30.5 Å². The molecule has 6 heteroatoms. The summed E-state index contributed by atoms with van der Waals surface area (Å²) < 4.78 is 4.86. The smallest absolute Gasteiger partial charge is 0.310 e. The lowest BCUT2D eigenvalue weighted by molar-refractivity contribution is -0.385. The molecule has 0 aliphatic rings. The fourth-order valence-corrected chi connectivity index (χ4v) is 2.49. The minimum Gasteiger partial charge on any atom is -0.466 e. The zero-order valence-electron chi connectivity index (χ0n) is 10.2. The van der Waals surface area contributed by atoms with E-state index in [2.05, 4.69) is 15.9 Å². The van der Waals surface area contributed by atoms with Crippen molar-refractivity contribution in [2.24, 2.45) is 0 Å². The monoisotopic (exact) mass is 315 g/mol. The van der Waals surface area contributed by atoms with Gasteiger partial charge >= 0.3 is 5.97 Å². The molecule has 0 fully saturated rings. The van der Waals surface area contributed by atoms with Crippen molar-refractivity contribution >= 4 is 27.6 Å². The second-order valence-corrected chi connectivity index (χ2v) is 4.33. The van der Waals surface area contributed by atoms with Crippen molar-refractivity contribution in [1.29, 1.82) is 0 Å². The van der Waals surface area contributed by atoms with E-state index in [1.165, 1.54) is 12.1 Å². The summed E-state index contributed by atoms with van der Waals surface area (Å²) in [7, 11) is 0. The van der Waals surface area contributed by atoms with Crippen LogP contribution < -0.4 is 0 Å². The highest BCUT2D eigenvalue weighted by molar-refractivity contribution is 9.08. The summed E-state index contributed by atoms with van der Waals surface area (Å²) in [5.74, 6) is -0.375. The molecule has 1 rings (SSSR count). The molecule has 5 nitrogen and oxygen atoms in total. The SMILES string of the molecule is CCOC(=O)Cc1cc([N+](=O)[O-])cc(C)c1CBr. The number of non-ortho nitro benzene ring substituents is 1. The van der Waals surface area contributed by atoms with Gasteiger partial charge in [0, 0.05) is 17.5 Å². The van der Waals surface area contributed by atoms with Crippen LogP contribution in [0.4, 0.5) is 5.69 Å². The Morgan fingerprint density at radius 3 is 2.67 bits per heavy atom. The van der Waals surface area contributed by atoms with Gasteiger partial charge in [-0.1, -0.05) is 15.9 Å². The van der Waals surface area contributed by atoms with E-state index >= 15 is 0 Å². The van der Waals surface area contributed by atoms with Crippen molar-refractivity contribution in [3.63, 3.8) is 0 Å². The van der Waals surface area contributed by atoms with Gasteiger partial charge in [-0.15, -0.1) is 0 Å². The van der Waals surface area contributed by atoms with Gasteiger partial charge in [-0.25, -0.2) is 0 Å². The lowest BCUT2D eigenvalue weighted by Crippen LogP contribution is -2.10. The average Bonchev–Trinajstić information content (AvgIpc) is 2.28. The standard InChI is InChI=1S/C12H14BrNO4/c1-3-18-12(15)6-9-5-10(14(16)17)4-8(2)11(9)7-13/h4-5H,3,6-7H2,1-2H3. The number of carbonyl (C=O) groups excluding carboxylic acids is 1. The molecular formula is C12H14BrNO4. The van der Waals surface area contributed by atoms with E-state index in [9.17, 15) is 14.9 Å². The Bertz CT molecular complexity index is 473. The Morgan fingerprint density at radius 1 is 1.50 bits per heavy atom. The van der Waals surface area contributed by atoms with Gasteiger partial charge in [0.2, 0.25) is 0 Å². The number of carbonyl (C=O) groups is 1. The normalized spacial score (nSPS) is 10.2. The summed E-state index contributed by atoms with van der Waals surface area (Å²) in [5, 5.41) is 11.3. The highest BCUT2D eigenvalue weighted by Gasteiger charge is 2.16. The van der Waals surface area contributed by atoms with Gasteiger partial charge in [-0.3, -0.25) is 14.9 Å². The van der Waals surface area contributed by atoms with Gasteiger partial charge in [-0.2, -0.15) is 0 Å². The van der Waals surface area contributed by atoms with E-state index in [-0.39, 0.29) is 18.1 Å². The molecule has 18 heavy (non-hydrogen) atoms. The summed E-state index contributed by atoms with van der Waals surface area (Å²) in [6.45, 7) is 3.82. The lowest BCUT2D eigenvalue weighted by atomic mass is 10.00. The molecule has 0 N–H and O–H groups in total. The molecule has 1 aromatic rings. The topological polar surface area (TPSA) is 69.4 Å². The Hall–Kier alpha value is -1.43. The molecule has 0 atom stereocenters. The molecule has 0 radical (unpaired) electrons. The maximum atomic E-state index is 11.5. The number of esters is 1. The quantitative estimate of drug-likeness (QED) is 0.362. The number of alkyl halides is 1. The molecule has 0 amide bonds. The maximum absolute atomic E-state index is 11.5. The molecular weight excluding hydrogens is 302 g/mol. The van der Waals surface area contributed by atoms with E-state index in [0.29, 0.717) is 17.5 Å². The number of ether oxygens (including phenoxy) is 1. The van der Waals surface area contributed by atoms with Gasteiger partial charge < -0.3 is 4.74 Å². The molecule has 0 aliphatic carbocycles. The first kappa shape index (κ1) is 14.6. The molecule has 0 aliphatic heterocycles. The van der Waals surface area contributed by atoms with Crippen LogP contribution in [-0.4, -0.2) is 17.5 Å². The van der Waals surface area contributed by atoms with Crippen LogP contribution in [0.5, 0.6) is 0 Å². The van der Waals surface area contributed by atoms with Crippen LogP contribution in [0.1, 0.15) is 23.6 Å². The molecule has 0 aromatic heterocycles. The number of benzene rings is 1. The Balaban J connectivity index is 3.14. The zero-order valence-corrected chi connectivity index (χ0v) is 11.8. The number of rotatable bonds is 5. The Kier molecular flexibility index (Phi) is 5.27. The highest BCUT2D eigenvalue weighted by atomic mass is 79.9. The summed E-state index contributed by atoms with van der Waals surface area (Å²) >= 11 is 3.33. The first-order valence-electron chi connectivity index (χ1n) is 5.48. The van der Waals surface area contributed by atoms with Crippen molar-refractivity contribution in [2.75, 3.05) is 6.61 Å². The first-order valence-corrected chi connectivity index (χ1v) is 6.60. The third-order valence-electron chi connectivity index (χ3n) is 2.53. The minimum absolute atomic E-state index is 0.00324. The number of nitro groups is 1. The van der Waals surface area contributed by atoms with Crippen LogP contribution in [0.2, 0.25) is 0 Å². The molecule has 0 saturated carbocycles. The predicted octanol–water partition coefficient (Wildman–Crippen LogP) is 2.90. The number of nitrogens with zero attached hydrogens (tertiary/aromatic N) is 1. The Labute approximate surface area is 113 Å². The number of hydrogen-bond donors (Lipinski definition) is 0. The summed E-state index contributed by atoms with van der Waals surface area (Å²) in [6, 6.07) is 2.94. The van der Waals surface area contributed by atoms with E-state index < -0.39 is 4.92 Å². The fraction of sp³-hybridized carbons (Fsp3) is 0.417. The largest absolute Gasteiger partial charge is 0.466 e. The molecule has 0 heterocycles. The first-order chi connectivity index (χ1) is 8.49. The van der Waals surface area contributed by atoms with Crippen molar-refractivity contribution in [2.45, 2.75) is 25.6 Å².